The molecule has 29 heavy (non-hydrogen) atoms. The molecule has 3 rings (SSSR count). The Morgan fingerprint density at radius 2 is 1.90 bits per heavy atom. The van der Waals surface area contributed by atoms with Gasteiger partial charge in [-0.25, -0.2) is 0 Å². The van der Waals surface area contributed by atoms with Gasteiger partial charge in [-0.3, -0.25) is 9.59 Å². The number of aromatic amines is 1. The second kappa shape index (κ2) is 11.6. The predicted octanol–water partition coefficient (Wildman–Crippen LogP) is 2.59. The smallest absolute Gasteiger partial charge is 0.451 e. The zero-order valence-electron chi connectivity index (χ0n) is 16.9. The number of nitrogens with one attached hydrogen (secondary N) is 2. The van der Waals surface area contributed by atoms with Crippen molar-refractivity contribution in [1.29, 1.82) is 0 Å². The van der Waals surface area contributed by atoms with E-state index in [0.29, 0.717) is 25.7 Å². The number of carboxylic acid groups (broad SMARTS) is 1. The number of hydrogen-bond acceptors (Lipinski definition) is 4. The van der Waals surface area contributed by atoms with E-state index in [-0.39, 0.29) is 17.7 Å². The minimum absolute atomic E-state index is 0.00464. The maximum absolute atomic E-state index is 12.1. The third-order valence-electron chi connectivity index (χ3n) is 5.45. The molecule has 1 aromatic carbocycles. The molecule has 2 atom stereocenters. The van der Waals surface area contributed by atoms with Gasteiger partial charge in [0, 0.05) is 30.1 Å². The highest BCUT2D eigenvalue weighted by Gasteiger charge is 2.30. The van der Waals surface area contributed by atoms with Crippen LogP contribution in [0, 0.1) is 11.8 Å². The molecular formula is C21H31BN2O5. The summed E-state index contributed by atoms with van der Waals surface area (Å²) in [5.41, 5.74) is 2.22. The normalized spacial score (nSPS) is 18.6. The Morgan fingerprint density at radius 1 is 1.21 bits per heavy atom. The molecular weight excluding hydrogens is 371 g/mol. The van der Waals surface area contributed by atoms with Gasteiger partial charge in [-0.1, -0.05) is 38.0 Å². The van der Waals surface area contributed by atoms with E-state index in [1.54, 1.807) is 6.92 Å². The quantitative estimate of drug-likeness (QED) is 0.456. The first-order valence-electron chi connectivity index (χ1n) is 10.3. The van der Waals surface area contributed by atoms with Gasteiger partial charge in [0.2, 0.25) is 5.91 Å². The fraction of sp³-hybridized carbons (Fsp3) is 0.524. The van der Waals surface area contributed by atoms with Gasteiger partial charge >= 0.3 is 13.1 Å². The number of aliphatic carboxylic acids is 1. The number of aryl methyl sites for hydroxylation is 1. The number of H-pyrrole nitrogens is 1. The van der Waals surface area contributed by atoms with Crippen molar-refractivity contribution in [3.8, 4) is 0 Å². The van der Waals surface area contributed by atoms with E-state index in [1.807, 2.05) is 24.4 Å². The summed E-state index contributed by atoms with van der Waals surface area (Å²) in [5.74, 6) is -0.983. The summed E-state index contributed by atoms with van der Waals surface area (Å²) in [5, 5.41) is 29.2. The molecule has 1 aliphatic rings. The van der Waals surface area contributed by atoms with Gasteiger partial charge in [-0.05, 0) is 43.1 Å². The summed E-state index contributed by atoms with van der Waals surface area (Å²) in [6.07, 6.45) is 7.13. The van der Waals surface area contributed by atoms with Crippen molar-refractivity contribution in [3.05, 3.63) is 36.0 Å². The van der Waals surface area contributed by atoms with Crippen LogP contribution in [0.3, 0.4) is 0 Å². The molecule has 7 nitrogen and oxygen atoms in total. The standard InChI is InChI=1S/C19H24N2O3.C2H7BO2/c22-18(21-12-13-5-1-2-7-16(13)19(23)24)10-9-14-11-20-17-8-4-3-6-15(14)17;1-2-3(4)5/h3-4,6,8,11,13,16,20H,1-2,5,7,9-10,12H2,(H,21,22)(H,23,24);4-5H,2H2,1H3. The molecule has 1 heterocycles. The van der Waals surface area contributed by atoms with Gasteiger partial charge in [0.15, 0.2) is 0 Å². The fourth-order valence-electron chi connectivity index (χ4n) is 3.70. The zero-order valence-corrected chi connectivity index (χ0v) is 16.9. The number of fused-ring (bicyclic) bond motifs is 1. The van der Waals surface area contributed by atoms with E-state index in [2.05, 4.69) is 16.4 Å². The van der Waals surface area contributed by atoms with Crippen LogP contribution in [0.4, 0.5) is 0 Å². The van der Waals surface area contributed by atoms with Gasteiger partial charge in [-0.15, -0.1) is 0 Å². The zero-order chi connectivity index (χ0) is 21.2. The topological polar surface area (TPSA) is 123 Å². The SMILES string of the molecule is CCB(O)O.O=C(CCc1c[nH]c2ccccc12)NCC1CCCCC1C(=O)O. The lowest BCUT2D eigenvalue weighted by Gasteiger charge is -2.28. The molecule has 1 aromatic heterocycles. The Balaban J connectivity index is 0.000000537. The number of benzene rings is 1. The van der Waals surface area contributed by atoms with Gasteiger partial charge in [-0.2, -0.15) is 0 Å². The summed E-state index contributed by atoms with van der Waals surface area (Å²) in [6.45, 7) is 2.17. The van der Waals surface area contributed by atoms with E-state index in [0.717, 1.165) is 42.1 Å². The summed E-state index contributed by atoms with van der Waals surface area (Å²) in [6, 6.07) is 8.06. The van der Waals surface area contributed by atoms with Crippen molar-refractivity contribution in [2.75, 3.05) is 6.54 Å². The van der Waals surface area contributed by atoms with Crippen LogP contribution in [0.25, 0.3) is 10.9 Å². The second-order valence-electron chi connectivity index (χ2n) is 7.54. The molecule has 0 aliphatic heterocycles. The summed E-state index contributed by atoms with van der Waals surface area (Å²) in [4.78, 5) is 26.6. The number of para-hydroxylation sites is 1. The highest BCUT2D eigenvalue weighted by Crippen LogP contribution is 2.29. The molecule has 0 saturated heterocycles. The third-order valence-corrected chi connectivity index (χ3v) is 5.45. The van der Waals surface area contributed by atoms with Gasteiger partial charge < -0.3 is 25.5 Å². The summed E-state index contributed by atoms with van der Waals surface area (Å²) < 4.78 is 0. The highest BCUT2D eigenvalue weighted by atomic mass is 16.4. The Morgan fingerprint density at radius 3 is 2.59 bits per heavy atom. The third kappa shape index (κ3) is 7.22. The molecule has 2 unspecified atom stereocenters. The van der Waals surface area contributed by atoms with Crippen LogP contribution in [0.2, 0.25) is 6.32 Å². The lowest BCUT2D eigenvalue weighted by molar-refractivity contribution is -0.145. The van der Waals surface area contributed by atoms with Crippen molar-refractivity contribution in [2.45, 2.75) is 51.8 Å². The lowest BCUT2D eigenvalue weighted by Crippen LogP contribution is -2.37. The molecule has 8 heteroatoms. The average Bonchev–Trinajstić information content (AvgIpc) is 3.14. The van der Waals surface area contributed by atoms with Crippen LogP contribution in [0.5, 0.6) is 0 Å². The Hall–Kier alpha value is -2.32. The number of carbonyl (C=O) groups excluding carboxylic acids is 1. The molecule has 1 aliphatic carbocycles. The number of carboxylic acids is 1. The van der Waals surface area contributed by atoms with Gasteiger partial charge in [0.1, 0.15) is 0 Å². The van der Waals surface area contributed by atoms with E-state index in [4.69, 9.17) is 10.0 Å². The second-order valence-corrected chi connectivity index (χ2v) is 7.54. The van der Waals surface area contributed by atoms with Crippen LogP contribution >= 0.6 is 0 Å². The summed E-state index contributed by atoms with van der Waals surface area (Å²) >= 11 is 0. The van der Waals surface area contributed by atoms with Crippen molar-refractivity contribution in [3.63, 3.8) is 0 Å². The van der Waals surface area contributed by atoms with Gasteiger partial charge in [0.05, 0.1) is 5.92 Å². The molecule has 0 bridgehead atoms. The Kier molecular flexibility index (Phi) is 9.21. The van der Waals surface area contributed by atoms with E-state index < -0.39 is 13.1 Å². The van der Waals surface area contributed by atoms with E-state index in [9.17, 15) is 14.7 Å². The summed E-state index contributed by atoms with van der Waals surface area (Å²) in [7, 11) is -1.12. The molecule has 0 radical (unpaired) electrons. The van der Waals surface area contributed by atoms with Crippen molar-refractivity contribution in [1.82, 2.24) is 10.3 Å². The number of rotatable bonds is 7. The van der Waals surface area contributed by atoms with Crippen molar-refractivity contribution in [2.24, 2.45) is 11.8 Å². The Bertz CT molecular complexity index is 792. The largest absolute Gasteiger partial charge is 0.481 e. The van der Waals surface area contributed by atoms with E-state index >= 15 is 0 Å². The number of aromatic nitrogens is 1. The number of amides is 1. The minimum atomic E-state index is -1.12. The lowest BCUT2D eigenvalue weighted by atomic mass is 9.79. The van der Waals surface area contributed by atoms with Gasteiger partial charge in [0.25, 0.3) is 0 Å². The molecule has 1 saturated carbocycles. The molecule has 5 N–H and O–H groups in total. The number of hydrogen-bond donors (Lipinski definition) is 5. The fourth-order valence-corrected chi connectivity index (χ4v) is 3.70. The molecule has 0 spiro atoms. The van der Waals surface area contributed by atoms with Crippen molar-refractivity contribution >= 4 is 29.9 Å². The first-order valence-corrected chi connectivity index (χ1v) is 10.3. The maximum atomic E-state index is 12.1. The van der Waals surface area contributed by atoms with Crippen LogP contribution in [0.1, 0.15) is 44.6 Å². The monoisotopic (exact) mass is 402 g/mol. The Labute approximate surface area is 171 Å². The van der Waals surface area contributed by atoms with Crippen LogP contribution in [0.15, 0.2) is 30.5 Å². The number of carbonyl (C=O) groups is 2. The van der Waals surface area contributed by atoms with E-state index in [1.165, 1.54) is 0 Å². The molecule has 1 amide bonds. The first-order chi connectivity index (χ1) is 13.9. The molecule has 158 valence electrons. The van der Waals surface area contributed by atoms with Crippen LogP contribution in [-0.2, 0) is 16.0 Å². The first kappa shape index (κ1) is 23.0. The highest BCUT2D eigenvalue weighted by molar-refractivity contribution is 6.40. The van der Waals surface area contributed by atoms with Crippen molar-refractivity contribution < 1.29 is 24.7 Å². The minimum Gasteiger partial charge on any atom is -0.481 e. The van der Waals surface area contributed by atoms with Crippen LogP contribution in [-0.4, -0.2) is 45.7 Å². The predicted molar refractivity (Wildman–Crippen MR) is 113 cm³/mol. The molecule has 2 aromatic rings. The average molecular weight is 402 g/mol. The van der Waals surface area contributed by atoms with Crippen LogP contribution < -0.4 is 5.32 Å². The molecule has 1 fully saturated rings. The maximum Gasteiger partial charge on any atom is 0.451 e.